The average Bonchev–Trinajstić information content (AvgIpc) is 2.56. The van der Waals surface area contributed by atoms with Crippen LogP contribution in [0.25, 0.3) is 10.9 Å². The molecule has 0 atom stereocenters. The summed E-state index contributed by atoms with van der Waals surface area (Å²) in [5, 5.41) is 11.6. The van der Waals surface area contributed by atoms with E-state index in [1.807, 2.05) is 26.0 Å². The summed E-state index contributed by atoms with van der Waals surface area (Å²) in [5.74, 6) is -1.17. The molecule has 2 aromatic rings. The summed E-state index contributed by atoms with van der Waals surface area (Å²) < 4.78 is 0. The summed E-state index contributed by atoms with van der Waals surface area (Å²) in [6, 6.07) is 5.46. The summed E-state index contributed by atoms with van der Waals surface area (Å²) in [7, 11) is 0. The Hall–Kier alpha value is -1.77. The number of aromatic amines is 1. The lowest BCUT2D eigenvalue weighted by Crippen LogP contribution is -2.22. The number of H-pyrrole nitrogens is 1. The molecule has 0 spiro atoms. The molecule has 0 aliphatic carbocycles. The molecule has 3 heteroatoms. The van der Waals surface area contributed by atoms with E-state index in [4.69, 9.17) is 0 Å². The largest absolute Gasteiger partial charge is 0.543 e. The quantitative estimate of drug-likeness (QED) is 0.729. The van der Waals surface area contributed by atoms with E-state index < -0.39 is 5.97 Å². The van der Waals surface area contributed by atoms with Crippen molar-refractivity contribution in [3.63, 3.8) is 0 Å². The molecule has 0 fully saturated rings. The standard InChI is InChI=1S/C11H11NO2/c1-6-3-4-9-8(7(6)2)5-10(12-9)11(13)14/h3-5,12H,1-2H3,(H,13,14)/p-1. The highest BCUT2D eigenvalue weighted by Gasteiger charge is 2.04. The van der Waals surface area contributed by atoms with E-state index in [9.17, 15) is 9.90 Å². The van der Waals surface area contributed by atoms with Crippen molar-refractivity contribution >= 4 is 16.9 Å². The van der Waals surface area contributed by atoms with Crippen molar-refractivity contribution in [1.29, 1.82) is 0 Å². The Morgan fingerprint density at radius 1 is 1.36 bits per heavy atom. The van der Waals surface area contributed by atoms with E-state index in [0.717, 1.165) is 22.0 Å². The topological polar surface area (TPSA) is 55.9 Å². The fraction of sp³-hybridized carbons (Fsp3) is 0.182. The fourth-order valence-electron chi connectivity index (χ4n) is 1.57. The average molecular weight is 188 g/mol. The number of aromatic nitrogens is 1. The first-order valence-electron chi connectivity index (χ1n) is 4.40. The van der Waals surface area contributed by atoms with Gasteiger partial charge >= 0.3 is 0 Å². The van der Waals surface area contributed by atoms with Gasteiger partial charge in [0.05, 0.1) is 11.7 Å². The van der Waals surface area contributed by atoms with Crippen LogP contribution in [0.4, 0.5) is 0 Å². The van der Waals surface area contributed by atoms with E-state index >= 15 is 0 Å². The lowest BCUT2D eigenvalue weighted by Gasteiger charge is -1.99. The normalized spacial score (nSPS) is 10.7. The maximum atomic E-state index is 10.6. The van der Waals surface area contributed by atoms with Gasteiger partial charge in [-0.15, -0.1) is 0 Å². The Bertz CT molecular complexity index is 511. The Morgan fingerprint density at radius 3 is 2.71 bits per heavy atom. The monoisotopic (exact) mass is 188 g/mol. The van der Waals surface area contributed by atoms with Gasteiger partial charge < -0.3 is 14.9 Å². The first kappa shape index (κ1) is 8.81. The highest BCUT2D eigenvalue weighted by molar-refractivity contribution is 5.94. The number of benzene rings is 1. The molecule has 1 N–H and O–H groups in total. The number of carbonyl (C=O) groups is 1. The van der Waals surface area contributed by atoms with Gasteiger partial charge in [-0.05, 0) is 37.1 Å². The van der Waals surface area contributed by atoms with Crippen molar-refractivity contribution in [2.24, 2.45) is 0 Å². The second kappa shape index (κ2) is 2.87. The molecule has 0 aliphatic rings. The number of aryl methyl sites for hydroxylation is 2. The van der Waals surface area contributed by atoms with E-state index in [2.05, 4.69) is 4.98 Å². The maximum Gasteiger partial charge on any atom is 0.0878 e. The summed E-state index contributed by atoms with van der Waals surface area (Å²) in [6.45, 7) is 3.98. The minimum absolute atomic E-state index is 0.133. The van der Waals surface area contributed by atoms with E-state index in [-0.39, 0.29) is 5.69 Å². The minimum atomic E-state index is -1.17. The third kappa shape index (κ3) is 1.18. The highest BCUT2D eigenvalue weighted by Crippen LogP contribution is 2.21. The number of hydrogen-bond acceptors (Lipinski definition) is 2. The number of aromatic carboxylic acids is 1. The van der Waals surface area contributed by atoms with Crippen LogP contribution < -0.4 is 5.11 Å². The van der Waals surface area contributed by atoms with E-state index in [1.54, 1.807) is 6.07 Å². The van der Waals surface area contributed by atoms with E-state index in [1.165, 1.54) is 0 Å². The lowest BCUT2D eigenvalue weighted by molar-refractivity contribution is -0.255. The van der Waals surface area contributed by atoms with Crippen molar-refractivity contribution in [3.05, 3.63) is 35.0 Å². The van der Waals surface area contributed by atoms with Crippen LogP contribution in [0.3, 0.4) is 0 Å². The molecular weight excluding hydrogens is 178 g/mol. The molecule has 1 aromatic heterocycles. The van der Waals surface area contributed by atoms with Crippen LogP contribution in [0.15, 0.2) is 18.2 Å². The van der Waals surface area contributed by atoms with Gasteiger partial charge in [-0.2, -0.15) is 0 Å². The predicted octanol–water partition coefficient (Wildman–Crippen LogP) is 1.15. The van der Waals surface area contributed by atoms with Gasteiger partial charge in [0.2, 0.25) is 0 Å². The van der Waals surface area contributed by atoms with Gasteiger partial charge in [-0.25, -0.2) is 0 Å². The molecule has 0 saturated carbocycles. The van der Waals surface area contributed by atoms with Crippen molar-refractivity contribution in [2.45, 2.75) is 13.8 Å². The summed E-state index contributed by atoms with van der Waals surface area (Å²) in [5.41, 5.74) is 3.23. The van der Waals surface area contributed by atoms with Crippen LogP contribution in [-0.2, 0) is 0 Å². The molecule has 0 amide bonds. The van der Waals surface area contributed by atoms with Gasteiger partial charge in [-0.3, -0.25) is 0 Å². The van der Waals surface area contributed by atoms with Crippen molar-refractivity contribution in [3.8, 4) is 0 Å². The number of carboxylic acids is 1. The molecule has 1 heterocycles. The Morgan fingerprint density at radius 2 is 2.07 bits per heavy atom. The molecule has 72 valence electrons. The summed E-state index contributed by atoms with van der Waals surface area (Å²) >= 11 is 0. The molecule has 2 rings (SSSR count). The number of nitrogens with one attached hydrogen (secondary N) is 1. The van der Waals surface area contributed by atoms with Gasteiger partial charge in [0.25, 0.3) is 0 Å². The third-order valence-corrected chi connectivity index (χ3v) is 2.56. The number of carboxylic acid groups (broad SMARTS) is 1. The molecular formula is C11H10NO2-. The second-order valence-corrected chi connectivity index (χ2v) is 3.44. The zero-order chi connectivity index (χ0) is 10.3. The van der Waals surface area contributed by atoms with Crippen molar-refractivity contribution in [1.82, 2.24) is 4.98 Å². The Labute approximate surface area is 81.4 Å². The zero-order valence-electron chi connectivity index (χ0n) is 8.05. The minimum Gasteiger partial charge on any atom is -0.543 e. The van der Waals surface area contributed by atoms with Crippen molar-refractivity contribution < 1.29 is 9.90 Å². The van der Waals surface area contributed by atoms with Crippen LogP contribution in [-0.4, -0.2) is 11.0 Å². The summed E-state index contributed by atoms with van der Waals surface area (Å²) in [4.78, 5) is 13.4. The maximum absolute atomic E-state index is 10.6. The first-order chi connectivity index (χ1) is 6.59. The van der Waals surface area contributed by atoms with Gasteiger partial charge in [0, 0.05) is 10.9 Å². The second-order valence-electron chi connectivity index (χ2n) is 3.44. The highest BCUT2D eigenvalue weighted by atomic mass is 16.4. The lowest BCUT2D eigenvalue weighted by atomic mass is 10.1. The molecule has 0 unspecified atom stereocenters. The first-order valence-corrected chi connectivity index (χ1v) is 4.40. The number of carbonyl (C=O) groups excluding carboxylic acids is 1. The van der Waals surface area contributed by atoms with Gasteiger partial charge in [0.15, 0.2) is 0 Å². The Balaban J connectivity index is 2.77. The van der Waals surface area contributed by atoms with Crippen LogP contribution in [0.5, 0.6) is 0 Å². The van der Waals surface area contributed by atoms with Crippen molar-refractivity contribution in [2.75, 3.05) is 0 Å². The molecule has 0 aliphatic heterocycles. The number of rotatable bonds is 1. The smallest absolute Gasteiger partial charge is 0.0878 e. The molecule has 14 heavy (non-hydrogen) atoms. The SMILES string of the molecule is Cc1ccc2[nH]c(C(=O)[O-])cc2c1C. The zero-order valence-corrected chi connectivity index (χ0v) is 8.05. The van der Waals surface area contributed by atoms with Crippen LogP contribution in [0, 0.1) is 13.8 Å². The fourth-order valence-corrected chi connectivity index (χ4v) is 1.57. The van der Waals surface area contributed by atoms with Crippen LogP contribution >= 0.6 is 0 Å². The molecule has 0 saturated heterocycles. The molecule has 3 nitrogen and oxygen atoms in total. The molecule has 0 radical (unpaired) electrons. The number of hydrogen-bond donors (Lipinski definition) is 1. The summed E-state index contributed by atoms with van der Waals surface area (Å²) in [6.07, 6.45) is 0. The molecule has 1 aromatic carbocycles. The Kier molecular flexibility index (Phi) is 1.81. The number of fused-ring (bicyclic) bond motifs is 1. The third-order valence-electron chi connectivity index (χ3n) is 2.56. The van der Waals surface area contributed by atoms with Gasteiger partial charge in [0.1, 0.15) is 0 Å². The van der Waals surface area contributed by atoms with E-state index in [0.29, 0.717) is 0 Å². The van der Waals surface area contributed by atoms with Crippen LogP contribution in [0.2, 0.25) is 0 Å². The molecule has 0 bridgehead atoms. The predicted molar refractivity (Wildman–Crippen MR) is 52.1 cm³/mol. The van der Waals surface area contributed by atoms with Crippen LogP contribution in [0.1, 0.15) is 21.6 Å². The van der Waals surface area contributed by atoms with Gasteiger partial charge in [-0.1, -0.05) is 6.07 Å².